The second-order valence-corrected chi connectivity index (χ2v) is 7.05. The van der Waals surface area contributed by atoms with Gasteiger partial charge in [0.25, 0.3) is 0 Å². The minimum atomic E-state index is 0.679. The average Bonchev–Trinajstić information content (AvgIpc) is 3.14. The lowest BCUT2D eigenvalue weighted by molar-refractivity contribution is 0.355. The molecular weight excluding hydrogens is 382 g/mol. The zero-order valence-corrected chi connectivity index (χ0v) is 16.3. The monoisotopic (exact) mass is 397 g/mol. The number of nitrogens with one attached hydrogen (secondary N) is 1. The number of thiophene rings is 1. The first-order valence-electron chi connectivity index (χ1n) is 8.17. The number of nitrogens with zero attached hydrogens (tertiary/aromatic N) is 2. The molecule has 4 rings (SSSR count). The highest BCUT2D eigenvalue weighted by atomic mass is 35.5. The summed E-state index contributed by atoms with van der Waals surface area (Å²) in [5.74, 6) is 2.11. The number of fused-ring (bicyclic) bond motifs is 1. The van der Waals surface area contributed by atoms with Crippen molar-refractivity contribution in [3.05, 3.63) is 59.2 Å². The summed E-state index contributed by atoms with van der Waals surface area (Å²) in [5.41, 5.74) is 2.95. The number of hydrogen-bond acceptors (Lipinski definition) is 6. The minimum absolute atomic E-state index is 0.679. The topological polar surface area (TPSA) is 56.3 Å². The molecule has 7 heteroatoms. The molecule has 136 valence electrons. The number of methoxy groups -OCH3 is 2. The molecule has 0 amide bonds. The number of ether oxygens (including phenoxy) is 2. The van der Waals surface area contributed by atoms with Gasteiger partial charge in [-0.05, 0) is 42.0 Å². The van der Waals surface area contributed by atoms with Crippen LogP contribution in [0, 0.1) is 0 Å². The molecule has 2 aromatic carbocycles. The molecule has 0 aliphatic carbocycles. The van der Waals surface area contributed by atoms with Gasteiger partial charge < -0.3 is 14.8 Å². The van der Waals surface area contributed by atoms with Crippen LogP contribution in [-0.4, -0.2) is 24.2 Å². The van der Waals surface area contributed by atoms with Crippen LogP contribution in [0.25, 0.3) is 21.3 Å². The molecule has 0 saturated heterocycles. The molecule has 0 fully saturated rings. The maximum absolute atomic E-state index is 5.98. The van der Waals surface area contributed by atoms with Crippen LogP contribution < -0.4 is 14.8 Å². The third kappa shape index (κ3) is 3.41. The highest BCUT2D eigenvalue weighted by Gasteiger charge is 2.15. The van der Waals surface area contributed by atoms with E-state index in [0.717, 1.165) is 32.8 Å². The summed E-state index contributed by atoms with van der Waals surface area (Å²) >= 11 is 7.55. The molecule has 0 bridgehead atoms. The lowest BCUT2D eigenvalue weighted by Crippen LogP contribution is -1.95. The number of aromatic nitrogens is 2. The Hall–Kier alpha value is -2.83. The lowest BCUT2D eigenvalue weighted by Gasteiger charge is -2.11. The zero-order valence-electron chi connectivity index (χ0n) is 14.7. The summed E-state index contributed by atoms with van der Waals surface area (Å²) in [5, 5.41) is 7.09. The van der Waals surface area contributed by atoms with E-state index < -0.39 is 0 Å². The molecule has 2 heterocycles. The van der Waals surface area contributed by atoms with E-state index in [9.17, 15) is 0 Å². The Morgan fingerprint density at radius 2 is 1.74 bits per heavy atom. The Morgan fingerprint density at radius 1 is 0.963 bits per heavy atom. The number of rotatable bonds is 5. The Balaban J connectivity index is 1.82. The number of halogens is 1. The number of anilines is 2. The Bertz CT molecular complexity index is 1100. The van der Waals surface area contributed by atoms with E-state index in [0.29, 0.717) is 16.5 Å². The van der Waals surface area contributed by atoms with Crippen LogP contribution >= 0.6 is 22.9 Å². The van der Waals surface area contributed by atoms with Gasteiger partial charge in [-0.2, -0.15) is 0 Å². The molecular formula is C20H16ClN3O2S. The molecule has 4 aromatic rings. The maximum atomic E-state index is 5.98. The van der Waals surface area contributed by atoms with Crippen LogP contribution in [0.1, 0.15) is 0 Å². The molecule has 27 heavy (non-hydrogen) atoms. The fourth-order valence-electron chi connectivity index (χ4n) is 2.86. The highest BCUT2D eigenvalue weighted by molar-refractivity contribution is 7.17. The van der Waals surface area contributed by atoms with Crippen molar-refractivity contribution in [2.24, 2.45) is 0 Å². The van der Waals surface area contributed by atoms with E-state index in [1.54, 1.807) is 31.9 Å². The van der Waals surface area contributed by atoms with Crippen LogP contribution in [0.3, 0.4) is 0 Å². The summed E-state index contributed by atoms with van der Waals surface area (Å²) in [4.78, 5) is 9.77. The van der Waals surface area contributed by atoms with E-state index in [2.05, 4.69) is 20.7 Å². The van der Waals surface area contributed by atoms with Crippen molar-refractivity contribution in [1.82, 2.24) is 9.97 Å². The van der Waals surface area contributed by atoms with Crippen molar-refractivity contribution in [1.29, 1.82) is 0 Å². The molecule has 0 unspecified atom stereocenters. The Morgan fingerprint density at radius 3 is 2.48 bits per heavy atom. The van der Waals surface area contributed by atoms with Gasteiger partial charge in [0.1, 0.15) is 17.0 Å². The normalized spacial score (nSPS) is 10.8. The Kier molecular flexibility index (Phi) is 4.83. The van der Waals surface area contributed by atoms with Gasteiger partial charge in [-0.3, -0.25) is 0 Å². The van der Waals surface area contributed by atoms with Crippen LogP contribution in [0.15, 0.2) is 54.2 Å². The quantitative estimate of drug-likeness (QED) is 0.463. The van der Waals surface area contributed by atoms with Crippen LogP contribution in [0.5, 0.6) is 11.5 Å². The molecule has 5 nitrogen and oxygen atoms in total. The first kappa shape index (κ1) is 17.6. The molecule has 0 saturated carbocycles. The summed E-state index contributed by atoms with van der Waals surface area (Å²) in [6.45, 7) is 0. The SMILES string of the molecule is COc1ccc(-c2csc3ncnc(Nc4ccc(Cl)cc4)c23)cc1OC. The summed E-state index contributed by atoms with van der Waals surface area (Å²) < 4.78 is 10.8. The van der Waals surface area contributed by atoms with Gasteiger partial charge >= 0.3 is 0 Å². The standard InChI is InChI=1S/C20H16ClN3O2S/c1-25-16-8-3-12(9-17(16)26-2)15-10-27-20-18(15)19(22-11-23-20)24-14-6-4-13(21)5-7-14/h3-11H,1-2H3,(H,22,23,24). The third-order valence-corrected chi connectivity index (χ3v) is 5.31. The van der Waals surface area contributed by atoms with E-state index in [1.165, 1.54) is 0 Å². The highest BCUT2D eigenvalue weighted by Crippen LogP contribution is 2.40. The predicted molar refractivity (Wildman–Crippen MR) is 111 cm³/mol. The van der Waals surface area contributed by atoms with E-state index in [4.69, 9.17) is 21.1 Å². The number of benzene rings is 2. The fourth-order valence-corrected chi connectivity index (χ4v) is 3.90. The van der Waals surface area contributed by atoms with Gasteiger partial charge in [0.15, 0.2) is 11.5 Å². The van der Waals surface area contributed by atoms with E-state index in [-0.39, 0.29) is 0 Å². The first-order valence-corrected chi connectivity index (χ1v) is 9.42. The van der Waals surface area contributed by atoms with Crippen molar-refractivity contribution < 1.29 is 9.47 Å². The average molecular weight is 398 g/mol. The smallest absolute Gasteiger partial charge is 0.161 e. The zero-order chi connectivity index (χ0) is 18.8. The van der Waals surface area contributed by atoms with Gasteiger partial charge in [-0.25, -0.2) is 9.97 Å². The predicted octanol–water partition coefficient (Wildman–Crippen LogP) is 5.77. The van der Waals surface area contributed by atoms with Crippen molar-refractivity contribution in [2.45, 2.75) is 0 Å². The van der Waals surface area contributed by atoms with Crippen LogP contribution in [0.2, 0.25) is 5.02 Å². The molecule has 0 spiro atoms. The molecule has 2 aromatic heterocycles. The lowest BCUT2D eigenvalue weighted by atomic mass is 10.1. The summed E-state index contributed by atoms with van der Waals surface area (Å²) in [6, 6.07) is 13.4. The van der Waals surface area contributed by atoms with Gasteiger partial charge in [0, 0.05) is 21.7 Å². The van der Waals surface area contributed by atoms with Crippen molar-refractivity contribution in [2.75, 3.05) is 19.5 Å². The number of hydrogen-bond donors (Lipinski definition) is 1. The van der Waals surface area contributed by atoms with Gasteiger partial charge in [0.2, 0.25) is 0 Å². The molecule has 0 aliphatic heterocycles. The maximum Gasteiger partial charge on any atom is 0.161 e. The third-order valence-electron chi connectivity index (χ3n) is 4.17. The first-order chi connectivity index (χ1) is 13.2. The van der Waals surface area contributed by atoms with E-state index in [1.807, 2.05) is 42.5 Å². The van der Waals surface area contributed by atoms with Crippen molar-refractivity contribution >= 4 is 44.7 Å². The molecule has 0 atom stereocenters. The molecule has 1 N–H and O–H groups in total. The van der Waals surface area contributed by atoms with Crippen LogP contribution in [0.4, 0.5) is 11.5 Å². The minimum Gasteiger partial charge on any atom is -0.493 e. The summed E-state index contributed by atoms with van der Waals surface area (Å²) in [6.07, 6.45) is 1.56. The van der Waals surface area contributed by atoms with Gasteiger partial charge in [0.05, 0.1) is 19.6 Å². The van der Waals surface area contributed by atoms with E-state index >= 15 is 0 Å². The van der Waals surface area contributed by atoms with Gasteiger partial charge in [-0.15, -0.1) is 11.3 Å². The molecule has 0 aliphatic rings. The second-order valence-electron chi connectivity index (χ2n) is 5.75. The van der Waals surface area contributed by atoms with Crippen LogP contribution in [-0.2, 0) is 0 Å². The largest absolute Gasteiger partial charge is 0.493 e. The van der Waals surface area contributed by atoms with Gasteiger partial charge in [-0.1, -0.05) is 17.7 Å². The second kappa shape index (κ2) is 7.42. The molecule has 0 radical (unpaired) electrons. The Labute approximate surface area is 165 Å². The van der Waals surface area contributed by atoms with Crippen molar-refractivity contribution in [3.63, 3.8) is 0 Å². The fraction of sp³-hybridized carbons (Fsp3) is 0.100. The summed E-state index contributed by atoms with van der Waals surface area (Å²) in [7, 11) is 3.25. The van der Waals surface area contributed by atoms with Crippen molar-refractivity contribution in [3.8, 4) is 22.6 Å².